The van der Waals surface area contributed by atoms with E-state index in [0.717, 1.165) is 16.9 Å². The Morgan fingerprint density at radius 2 is 1.58 bits per heavy atom. The highest BCUT2D eigenvalue weighted by atomic mass is 32.1. The van der Waals surface area contributed by atoms with E-state index in [-0.39, 0.29) is 16.5 Å². The van der Waals surface area contributed by atoms with E-state index < -0.39 is 11.9 Å². The first-order valence-corrected chi connectivity index (χ1v) is 10.7. The number of anilines is 2. The molecule has 0 radical (unpaired) electrons. The Morgan fingerprint density at radius 3 is 2.21 bits per heavy atom. The number of carbonyl (C=O) groups excluding carboxylic acids is 3. The Labute approximate surface area is 195 Å². The molecular formula is C24H24N2O6S. The minimum Gasteiger partial charge on any atom is -0.493 e. The monoisotopic (exact) mass is 468 g/mol. The molecule has 0 bridgehead atoms. The van der Waals surface area contributed by atoms with Crippen LogP contribution in [0.25, 0.3) is 0 Å². The molecule has 3 aromatic rings. The van der Waals surface area contributed by atoms with Gasteiger partial charge in [0.15, 0.2) is 11.5 Å². The zero-order valence-electron chi connectivity index (χ0n) is 18.9. The van der Waals surface area contributed by atoms with E-state index in [1.54, 1.807) is 25.1 Å². The second-order valence-electron chi connectivity index (χ2n) is 7.10. The second kappa shape index (κ2) is 10.2. The minimum absolute atomic E-state index is 0.130. The molecule has 0 fully saturated rings. The van der Waals surface area contributed by atoms with Crippen LogP contribution in [0.3, 0.4) is 0 Å². The number of thiophene rings is 1. The van der Waals surface area contributed by atoms with Crippen LogP contribution in [0.5, 0.6) is 11.5 Å². The van der Waals surface area contributed by atoms with Crippen molar-refractivity contribution in [2.24, 2.45) is 0 Å². The summed E-state index contributed by atoms with van der Waals surface area (Å²) in [5.41, 5.74) is 2.46. The van der Waals surface area contributed by atoms with Gasteiger partial charge in [-0.1, -0.05) is 12.1 Å². The summed E-state index contributed by atoms with van der Waals surface area (Å²) in [5, 5.41) is 5.76. The topological polar surface area (TPSA) is 103 Å². The van der Waals surface area contributed by atoms with Gasteiger partial charge in [0.1, 0.15) is 5.00 Å². The quantitative estimate of drug-likeness (QED) is 0.489. The third-order valence-electron chi connectivity index (χ3n) is 4.89. The summed E-state index contributed by atoms with van der Waals surface area (Å²) >= 11 is 1.00. The van der Waals surface area contributed by atoms with Gasteiger partial charge in [-0.05, 0) is 55.3 Å². The number of carbonyl (C=O) groups is 3. The number of hydrogen-bond acceptors (Lipinski definition) is 7. The Kier molecular flexibility index (Phi) is 7.34. The molecular weight excluding hydrogens is 444 g/mol. The molecule has 0 saturated carbocycles. The number of methoxy groups -OCH3 is 3. The summed E-state index contributed by atoms with van der Waals surface area (Å²) in [4.78, 5) is 38.6. The van der Waals surface area contributed by atoms with Gasteiger partial charge < -0.3 is 24.8 Å². The van der Waals surface area contributed by atoms with Gasteiger partial charge in [-0.3, -0.25) is 9.59 Å². The maximum atomic E-state index is 12.9. The molecule has 0 aliphatic carbocycles. The molecule has 2 amide bonds. The number of aryl methyl sites for hydroxylation is 1. The van der Waals surface area contributed by atoms with E-state index in [2.05, 4.69) is 10.6 Å². The molecule has 0 aliphatic heterocycles. The Balaban J connectivity index is 1.93. The molecule has 33 heavy (non-hydrogen) atoms. The van der Waals surface area contributed by atoms with Crippen LogP contribution in [-0.4, -0.2) is 39.1 Å². The predicted molar refractivity (Wildman–Crippen MR) is 127 cm³/mol. The van der Waals surface area contributed by atoms with Crippen molar-refractivity contribution in [3.63, 3.8) is 0 Å². The normalized spacial score (nSPS) is 10.3. The Morgan fingerprint density at radius 1 is 0.848 bits per heavy atom. The largest absolute Gasteiger partial charge is 0.493 e. The SMILES string of the molecule is COC(=O)c1c(NC(=O)c2ccc(OC)c(OC)c2)sc(C(=O)Nc2cccc(C)c2)c1C. The van der Waals surface area contributed by atoms with Crippen molar-refractivity contribution >= 4 is 39.8 Å². The lowest BCUT2D eigenvalue weighted by Gasteiger charge is -2.10. The molecule has 1 heterocycles. The predicted octanol–water partition coefficient (Wildman–Crippen LogP) is 4.67. The lowest BCUT2D eigenvalue weighted by Crippen LogP contribution is -2.14. The number of rotatable bonds is 7. The molecule has 172 valence electrons. The van der Waals surface area contributed by atoms with Crippen molar-refractivity contribution in [3.05, 3.63) is 69.6 Å². The van der Waals surface area contributed by atoms with Gasteiger partial charge in [0.25, 0.3) is 11.8 Å². The lowest BCUT2D eigenvalue weighted by molar-refractivity contribution is 0.0601. The number of benzene rings is 2. The van der Waals surface area contributed by atoms with Crippen LogP contribution in [0.15, 0.2) is 42.5 Å². The van der Waals surface area contributed by atoms with Gasteiger partial charge >= 0.3 is 5.97 Å². The van der Waals surface area contributed by atoms with Crippen LogP contribution in [-0.2, 0) is 4.74 Å². The fraction of sp³-hybridized carbons (Fsp3) is 0.208. The van der Waals surface area contributed by atoms with E-state index in [4.69, 9.17) is 14.2 Å². The fourth-order valence-corrected chi connectivity index (χ4v) is 4.31. The molecule has 2 aromatic carbocycles. The van der Waals surface area contributed by atoms with Gasteiger partial charge in [-0.2, -0.15) is 0 Å². The summed E-state index contributed by atoms with van der Waals surface area (Å²) in [6.45, 7) is 3.56. The number of amides is 2. The molecule has 1 aromatic heterocycles. The molecule has 0 aliphatic rings. The Hall–Kier alpha value is -3.85. The van der Waals surface area contributed by atoms with Crippen molar-refractivity contribution in [2.75, 3.05) is 32.0 Å². The van der Waals surface area contributed by atoms with Crippen LogP contribution in [0.2, 0.25) is 0 Å². The molecule has 3 rings (SSSR count). The average Bonchev–Trinajstić information content (AvgIpc) is 3.13. The summed E-state index contributed by atoms with van der Waals surface area (Å²) in [7, 11) is 4.21. The molecule has 0 unspecified atom stereocenters. The molecule has 8 nitrogen and oxygen atoms in total. The fourth-order valence-electron chi connectivity index (χ4n) is 3.23. The molecule has 0 spiro atoms. The van der Waals surface area contributed by atoms with Crippen LogP contribution < -0.4 is 20.1 Å². The van der Waals surface area contributed by atoms with E-state index in [1.165, 1.54) is 27.4 Å². The van der Waals surface area contributed by atoms with Crippen LogP contribution in [0.1, 0.15) is 41.5 Å². The summed E-state index contributed by atoms with van der Waals surface area (Å²) in [5.74, 6) is -0.654. The molecule has 0 atom stereocenters. The summed E-state index contributed by atoms with van der Waals surface area (Å²) in [6, 6.07) is 12.1. The number of esters is 1. The maximum absolute atomic E-state index is 12.9. The zero-order valence-corrected chi connectivity index (χ0v) is 19.7. The van der Waals surface area contributed by atoms with Crippen LogP contribution in [0.4, 0.5) is 10.7 Å². The van der Waals surface area contributed by atoms with Crippen molar-refractivity contribution in [1.82, 2.24) is 0 Å². The van der Waals surface area contributed by atoms with Crippen LogP contribution in [0, 0.1) is 13.8 Å². The molecule has 9 heteroatoms. The van der Waals surface area contributed by atoms with Crippen molar-refractivity contribution in [1.29, 1.82) is 0 Å². The van der Waals surface area contributed by atoms with E-state index in [0.29, 0.717) is 33.2 Å². The van der Waals surface area contributed by atoms with Gasteiger partial charge in [-0.15, -0.1) is 11.3 Å². The van der Waals surface area contributed by atoms with Crippen molar-refractivity contribution in [3.8, 4) is 11.5 Å². The number of hydrogen-bond donors (Lipinski definition) is 2. The third kappa shape index (κ3) is 5.15. The number of ether oxygens (including phenoxy) is 3. The van der Waals surface area contributed by atoms with Gasteiger partial charge in [0.2, 0.25) is 0 Å². The third-order valence-corrected chi connectivity index (χ3v) is 6.10. The second-order valence-corrected chi connectivity index (χ2v) is 8.12. The van der Waals surface area contributed by atoms with E-state index in [1.807, 2.05) is 25.1 Å². The lowest BCUT2D eigenvalue weighted by atomic mass is 10.1. The van der Waals surface area contributed by atoms with Crippen LogP contribution >= 0.6 is 11.3 Å². The minimum atomic E-state index is -0.652. The molecule has 0 saturated heterocycles. The summed E-state index contributed by atoms with van der Waals surface area (Å²) in [6.07, 6.45) is 0. The highest BCUT2D eigenvalue weighted by Gasteiger charge is 2.27. The van der Waals surface area contributed by atoms with Gasteiger partial charge in [0, 0.05) is 11.3 Å². The van der Waals surface area contributed by atoms with E-state index >= 15 is 0 Å². The highest BCUT2D eigenvalue weighted by Crippen LogP contribution is 2.35. The van der Waals surface area contributed by atoms with Gasteiger partial charge in [-0.25, -0.2) is 4.79 Å². The molecule has 2 N–H and O–H groups in total. The van der Waals surface area contributed by atoms with Crippen molar-refractivity contribution in [2.45, 2.75) is 13.8 Å². The Bertz CT molecular complexity index is 1220. The zero-order chi connectivity index (χ0) is 24.1. The highest BCUT2D eigenvalue weighted by molar-refractivity contribution is 7.19. The van der Waals surface area contributed by atoms with Crippen molar-refractivity contribution < 1.29 is 28.6 Å². The smallest absolute Gasteiger partial charge is 0.341 e. The summed E-state index contributed by atoms with van der Waals surface area (Å²) < 4.78 is 15.3. The first-order chi connectivity index (χ1) is 15.8. The number of nitrogens with one attached hydrogen (secondary N) is 2. The maximum Gasteiger partial charge on any atom is 0.341 e. The standard InChI is InChI=1S/C24H24N2O6S/c1-13-7-6-8-16(11-13)25-22(28)20-14(2)19(24(29)32-5)23(33-20)26-21(27)15-9-10-17(30-3)18(12-15)31-4/h6-12H,1-5H3,(H,25,28)(H,26,27). The first kappa shape index (κ1) is 23.8. The average molecular weight is 469 g/mol. The first-order valence-electron chi connectivity index (χ1n) is 9.92. The van der Waals surface area contributed by atoms with E-state index in [9.17, 15) is 14.4 Å². The van der Waals surface area contributed by atoms with Gasteiger partial charge in [0.05, 0.1) is 31.8 Å².